The molecule has 1 aromatic carbocycles. The van der Waals surface area contributed by atoms with Gasteiger partial charge < -0.3 is 4.74 Å². The predicted octanol–water partition coefficient (Wildman–Crippen LogP) is 1.89. The van der Waals surface area contributed by atoms with Gasteiger partial charge in [0.25, 0.3) is 11.8 Å². The normalized spacial score (nSPS) is 15.6. The van der Waals surface area contributed by atoms with Gasteiger partial charge in [-0.25, -0.2) is 0 Å². The molecule has 0 aromatic heterocycles. The average Bonchev–Trinajstić information content (AvgIpc) is 2.62. The molecular weight excluding hydrogens is 242 g/mol. The van der Waals surface area contributed by atoms with Gasteiger partial charge in [0.05, 0.1) is 23.8 Å². The van der Waals surface area contributed by atoms with Gasteiger partial charge >= 0.3 is 0 Å². The van der Waals surface area contributed by atoms with E-state index in [0.717, 1.165) is 5.56 Å². The van der Waals surface area contributed by atoms with Gasteiger partial charge in [0.2, 0.25) is 0 Å². The molecule has 0 saturated carbocycles. The van der Waals surface area contributed by atoms with Gasteiger partial charge in [0.1, 0.15) is 0 Å². The standard InChI is InChI=1S/C12H12ClNO3/c1-7(17-6-5-13)8-3-2-4-9-10(8)12(16)14-11(9)15/h2-4,7H,5-6H2,1H3,(H,14,15,16). The third-order valence-corrected chi connectivity index (χ3v) is 2.83. The van der Waals surface area contributed by atoms with Crippen molar-refractivity contribution in [3.63, 3.8) is 0 Å². The fraction of sp³-hybridized carbons (Fsp3) is 0.333. The summed E-state index contributed by atoms with van der Waals surface area (Å²) in [5, 5.41) is 2.27. The zero-order chi connectivity index (χ0) is 12.4. The van der Waals surface area contributed by atoms with Crippen molar-refractivity contribution >= 4 is 23.4 Å². The summed E-state index contributed by atoms with van der Waals surface area (Å²) in [6.45, 7) is 2.24. The van der Waals surface area contributed by atoms with Gasteiger partial charge in [-0.1, -0.05) is 12.1 Å². The van der Waals surface area contributed by atoms with Crippen LogP contribution >= 0.6 is 11.6 Å². The second-order valence-electron chi connectivity index (χ2n) is 3.76. The zero-order valence-electron chi connectivity index (χ0n) is 9.33. The number of halogens is 1. The molecule has 5 heteroatoms. The maximum atomic E-state index is 11.7. The smallest absolute Gasteiger partial charge is 0.259 e. The molecule has 0 bridgehead atoms. The first-order chi connectivity index (χ1) is 8.15. The van der Waals surface area contributed by atoms with Crippen LogP contribution in [0.1, 0.15) is 39.3 Å². The fourth-order valence-corrected chi connectivity index (χ4v) is 1.98. The van der Waals surface area contributed by atoms with Gasteiger partial charge in [-0.15, -0.1) is 11.6 Å². The molecule has 1 aliphatic heterocycles. The van der Waals surface area contributed by atoms with Gasteiger partial charge in [-0.3, -0.25) is 14.9 Å². The largest absolute Gasteiger partial charge is 0.373 e. The molecule has 1 heterocycles. The van der Waals surface area contributed by atoms with Crippen molar-refractivity contribution in [3.05, 3.63) is 34.9 Å². The van der Waals surface area contributed by atoms with E-state index in [2.05, 4.69) is 5.32 Å². The number of carbonyl (C=O) groups excluding carboxylic acids is 2. The molecule has 0 radical (unpaired) electrons. The highest BCUT2D eigenvalue weighted by molar-refractivity contribution is 6.22. The molecule has 0 spiro atoms. The monoisotopic (exact) mass is 253 g/mol. The lowest BCUT2D eigenvalue weighted by molar-refractivity contribution is 0.0756. The van der Waals surface area contributed by atoms with Crippen LogP contribution in [-0.2, 0) is 4.74 Å². The van der Waals surface area contributed by atoms with Crippen molar-refractivity contribution in [1.29, 1.82) is 0 Å². The molecule has 1 unspecified atom stereocenters. The van der Waals surface area contributed by atoms with Crippen LogP contribution in [0, 0.1) is 0 Å². The number of nitrogens with one attached hydrogen (secondary N) is 1. The molecule has 2 amide bonds. The minimum absolute atomic E-state index is 0.264. The summed E-state index contributed by atoms with van der Waals surface area (Å²) >= 11 is 5.54. The minimum Gasteiger partial charge on any atom is -0.373 e. The van der Waals surface area contributed by atoms with Crippen LogP contribution in [0.3, 0.4) is 0 Å². The number of benzene rings is 1. The van der Waals surface area contributed by atoms with E-state index in [-0.39, 0.29) is 17.9 Å². The Morgan fingerprint density at radius 3 is 2.82 bits per heavy atom. The predicted molar refractivity (Wildman–Crippen MR) is 63.3 cm³/mol. The average molecular weight is 254 g/mol. The number of carbonyl (C=O) groups is 2. The van der Waals surface area contributed by atoms with Crippen molar-refractivity contribution in [2.24, 2.45) is 0 Å². The highest BCUT2D eigenvalue weighted by Crippen LogP contribution is 2.26. The third-order valence-electron chi connectivity index (χ3n) is 2.68. The molecule has 2 rings (SSSR count). The van der Waals surface area contributed by atoms with Gasteiger partial charge in [0, 0.05) is 5.88 Å². The lowest BCUT2D eigenvalue weighted by Gasteiger charge is -2.14. The van der Waals surface area contributed by atoms with Crippen molar-refractivity contribution in [1.82, 2.24) is 5.32 Å². The molecule has 17 heavy (non-hydrogen) atoms. The SMILES string of the molecule is CC(OCCCl)c1cccc2c1C(=O)NC2=O. The van der Waals surface area contributed by atoms with Crippen molar-refractivity contribution in [2.45, 2.75) is 13.0 Å². The van der Waals surface area contributed by atoms with Gasteiger partial charge in [-0.2, -0.15) is 0 Å². The number of rotatable bonds is 4. The summed E-state index contributed by atoms with van der Waals surface area (Å²) in [4.78, 5) is 23.1. The number of hydrogen-bond acceptors (Lipinski definition) is 3. The van der Waals surface area contributed by atoms with Gasteiger partial charge in [-0.05, 0) is 18.6 Å². The number of fused-ring (bicyclic) bond motifs is 1. The molecular formula is C12H12ClNO3. The van der Waals surface area contributed by atoms with Crippen LogP contribution in [0.25, 0.3) is 0 Å². The first-order valence-electron chi connectivity index (χ1n) is 5.31. The van der Waals surface area contributed by atoms with Gasteiger partial charge in [0.15, 0.2) is 0 Å². The highest BCUT2D eigenvalue weighted by atomic mass is 35.5. The van der Waals surface area contributed by atoms with Crippen LogP contribution in [0.5, 0.6) is 0 Å². The molecule has 1 atom stereocenters. The van der Waals surface area contributed by atoms with E-state index in [1.807, 2.05) is 6.92 Å². The summed E-state index contributed by atoms with van der Waals surface area (Å²) in [6, 6.07) is 5.16. The Labute approximate surface area is 104 Å². The summed E-state index contributed by atoms with van der Waals surface area (Å²) in [6.07, 6.45) is -0.264. The zero-order valence-corrected chi connectivity index (χ0v) is 10.1. The summed E-state index contributed by atoms with van der Waals surface area (Å²) in [5.41, 5.74) is 1.55. The number of ether oxygens (including phenoxy) is 1. The molecule has 1 aliphatic rings. The summed E-state index contributed by atoms with van der Waals surface area (Å²) < 4.78 is 5.46. The quantitative estimate of drug-likeness (QED) is 0.659. The second kappa shape index (κ2) is 4.85. The van der Waals surface area contributed by atoms with E-state index < -0.39 is 0 Å². The van der Waals surface area contributed by atoms with Crippen LogP contribution in [0.2, 0.25) is 0 Å². The third kappa shape index (κ3) is 2.18. The Kier molecular flexibility index (Phi) is 3.45. The van der Waals surface area contributed by atoms with E-state index in [1.54, 1.807) is 18.2 Å². The minimum atomic E-state index is -0.359. The lowest BCUT2D eigenvalue weighted by Crippen LogP contribution is -2.20. The Bertz CT molecular complexity index is 473. The number of hydrogen-bond donors (Lipinski definition) is 1. The Balaban J connectivity index is 2.36. The molecule has 1 N–H and O–H groups in total. The van der Waals surface area contributed by atoms with Crippen LogP contribution in [0.15, 0.2) is 18.2 Å². The maximum absolute atomic E-state index is 11.7. The van der Waals surface area contributed by atoms with E-state index >= 15 is 0 Å². The van der Waals surface area contributed by atoms with Crippen molar-refractivity contribution in [2.75, 3.05) is 12.5 Å². The Morgan fingerprint density at radius 2 is 2.12 bits per heavy atom. The van der Waals surface area contributed by atoms with Crippen LogP contribution < -0.4 is 5.32 Å². The molecule has 90 valence electrons. The molecule has 4 nitrogen and oxygen atoms in total. The van der Waals surface area contributed by atoms with E-state index in [0.29, 0.717) is 23.6 Å². The highest BCUT2D eigenvalue weighted by Gasteiger charge is 2.30. The van der Waals surface area contributed by atoms with E-state index in [1.165, 1.54) is 0 Å². The summed E-state index contributed by atoms with van der Waals surface area (Å²) in [7, 11) is 0. The topological polar surface area (TPSA) is 55.4 Å². The fourth-order valence-electron chi connectivity index (χ4n) is 1.90. The molecule has 0 saturated heterocycles. The molecule has 0 fully saturated rings. The number of alkyl halides is 1. The van der Waals surface area contributed by atoms with Crippen molar-refractivity contribution in [3.8, 4) is 0 Å². The van der Waals surface area contributed by atoms with E-state index in [9.17, 15) is 9.59 Å². The number of amides is 2. The lowest BCUT2D eigenvalue weighted by atomic mass is 9.99. The Hall–Kier alpha value is -1.39. The van der Waals surface area contributed by atoms with Crippen LogP contribution in [-0.4, -0.2) is 24.3 Å². The second-order valence-corrected chi connectivity index (χ2v) is 4.13. The van der Waals surface area contributed by atoms with Crippen LogP contribution in [0.4, 0.5) is 0 Å². The summed E-state index contributed by atoms with van der Waals surface area (Å²) in [5.74, 6) is -0.317. The van der Waals surface area contributed by atoms with E-state index in [4.69, 9.17) is 16.3 Å². The maximum Gasteiger partial charge on any atom is 0.259 e. The first kappa shape index (κ1) is 12.1. The van der Waals surface area contributed by atoms with Crippen molar-refractivity contribution < 1.29 is 14.3 Å². The first-order valence-corrected chi connectivity index (χ1v) is 5.84. The molecule has 0 aliphatic carbocycles. The molecule has 1 aromatic rings. The number of imide groups is 1. The Morgan fingerprint density at radius 1 is 1.35 bits per heavy atom.